The Morgan fingerprint density at radius 3 is 1.43 bits per heavy atom. The van der Waals surface area contributed by atoms with Crippen molar-refractivity contribution in [1.82, 2.24) is 10.6 Å². The summed E-state index contributed by atoms with van der Waals surface area (Å²) in [7, 11) is 0. The van der Waals surface area contributed by atoms with Gasteiger partial charge in [0.1, 0.15) is 23.1 Å². The lowest BCUT2D eigenvalue weighted by molar-refractivity contribution is -0.144. The Hall–Kier alpha value is -2.96. The van der Waals surface area contributed by atoms with E-state index in [2.05, 4.69) is 60.9 Å². The Labute approximate surface area is 340 Å². The van der Waals surface area contributed by atoms with Crippen LogP contribution in [0.2, 0.25) is 0 Å². The number of rotatable bonds is 13. The molecule has 0 radical (unpaired) electrons. The van der Waals surface area contributed by atoms with Crippen molar-refractivity contribution in [3.05, 3.63) is 82.9 Å². The fourth-order valence-corrected chi connectivity index (χ4v) is 7.83. The number of likely N-dealkylation sites (N-methyl/N-ethyl adjacent to an activating group) is 2. The van der Waals surface area contributed by atoms with Gasteiger partial charge in [0, 0.05) is 21.9 Å². The number of phenols is 1. The van der Waals surface area contributed by atoms with E-state index in [0.29, 0.717) is 17.8 Å². The Bertz CT molecular complexity index is 1560. The average Bonchev–Trinajstić information content (AvgIpc) is 3.65. The van der Waals surface area contributed by atoms with Crippen molar-refractivity contribution in [2.45, 2.75) is 140 Å². The van der Waals surface area contributed by atoms with Crippen LogP contribution in [0, 0.1) is 0 Å². The van der Waals surface area contributed by atoms with Gasteiger partial charge in [0.05, 0.1) is 9.49 Å². The number of thioether (sulfide) groups is 2. The topological polar surface area (TPSA) is 125 Å². The summed E-state index contributed by atoms with van der Waals surface area (Å²) in [5.41, 5.74) is 5.79. The van der Waals surface area contributed by atoms with Gasteiger partial charge < -0.3 is 25.6 Å². The highest BCUT2D eigenvalue weighted by molar-refractivity contribution is 8.01. The second-order valence-corrected chi connectivity index (χ2v) is 17.5. The van der Waals surface area contributed by atoms with Gasteiger partial charge in [-0.05, 0) is 158 Å². The van der Waals surface area contributed by atoms with Gasteiger partial charge >= 0.3 is 5.97 Å². The van der Waals surface area contributed by atoms with E-state index in [1.54, 1.807) is 37.4 Å². The van der Waals surface area contributed by atoms with Crippen molar-refractivity contribution in [1.29, 1.82) is 0 Å². The van der Waals surface area contributed by atoms with Gasteiger partial charge in [-0.1, -0.05) is 40.8 Å². The van der Waals surface area contributed by atoms with Gasteiger partial charge in [-0.25, -0.2) is 4.79 Å². The first-order chi connectivity index (χ1) is 23.9. The first kappa shape index (κ1) is 51.0. The van der Waals surface area contributed by atoms with E-state index in [0.717, 1.165) is 38.8 Å². The van der Waals surface area contributed by atoms with Crippen molar-refractivity contribution in [2.24, 2.45) is 0 Å². The number of Topliss-reactive ketones (excluding diaryl/α,β-unsaturated/α-hetero) is 2. The molecule has 0 aromatic heterocycles. The third-order valence-electron chi connectivity index (χ3n) is 9.15. The van der Waals surface area contributed by atoms with E-state index < -0.39 is 12.1 Å². The zero-order chi connectivity index (χ0) is 37.9. The summed E-state index contributed by atoms with van der Waals surface area (Å²) >= 11 is 3.33. The number of benzene rings is 3. The number of carbonyl (C=O) groups excluding carboxylic acids is 2. The molecule has 8 nitrogen and oxygen atoms in total. The van der Waals surface area contributed by atoms with E-state index in [9.17, 15) is 14.4 Å². The number of nitrogens with one attached hydrogen (secondary N) is 2. The molecule has 54 heavy (non-hydrogen) atoms. The van der Waals surface area contributed by atoms with Crippen LogP contribution in [0.25, 0.3) is 0 Å². The van der Waals surface area contributed by atoms with Gasteiger partial charge in [0.2, 0.25) is 0 Å². The number of phenolic OH excluding ortho intramolecular Hbond substituents is 1. The first-order valence-electron chi connectivity index (χ1n) is 17.7. The second kappa shape index (κ2) is 23.2. The molecule has 5 rings (SSSR count). The number of aliphatic carboxylic acids is 1. The largest absolute Gasteiger partial charge is 0.508 e. The van der Waals surface area contributed by atoms with Gasteiger partial charge in [0.25, 0.3) is 0 Å². The van der Waals surface area contributed by atoms with E-state index >= 15 is 0 Å². The molecule has 3 aromatic rings. The molecule has 0 aliphatic heterocycles. The lowest BCUT2D eigenvalue weighted by Crippen LogP contribution is -2.28. The number of aromatic hydroxyl groups is 1. The van der Waals surface area contributed by atoms with Gasteiger partial charge in [-0.3, -0.25) is 9.59 Å². The molecule has 3 aromatic carbocycles. The number of carbonyl (C=O) groups is 3. The van der Waals surface area contributed by atoms with E-state index in [-0.39, 0.29) is 55.2 Å². The standard InChI is InChI=1S/2C16H23NOS.C9H10O4.2CH4.H2S/c2*1-5-17-14-8-12-6-7-15(10-13(12)9-14)19-16(3,4)11(2)18;1-6(9(11)12)13-8-4-2-7(10)3-5-8;;;/h2*6-7,10,14,17H,5,8-9H2,1-4H3;2-6,10H,1H3,(H,11,12);2*1H4;1H2/t2*14-;6-;;;/m110.../s1. The molecule has 11 heteroatoms. The minimum absolute atomic E-state index is 0. The smallest absolute Gasteiger partial charge is 0.344 e. The summed E-state index contributed by atoms with van der Waals surface area (Å²) in [4.78, 5) is 36.0. The van der Waals surface area contributed by atoms with E-state index in [1.165, 1.54) is 63.2 Å². The highest BCUT2D eigenvalue weighted by Gasteiger charge is 2.28. The molecule has 0 bridgehead atoms. The Morgan fingerprint density at radius 1 is 0.722 bits per heavy atom. The van der Waals surface area contributed by atoms with Crippen molar-refractivity contribution in [3.63, 3.8) is 0 Å². The van der Waals surface area contributed by atoms with E-state index in [4.69, 9.17) is 14.9 Å². The zero-order valence-corrected chi connectivity index (χ0v) is 34.7. The molecule has 0 unspecified atom stereocenters. The predicted molar refractivity (Wildman–Crippen MR) is 234 cm³/mol. The summed E-state index contributed by atoms with van der Waals surface area (Å²) in [6.45, 7) is 19.1. The fraction of sp³-hybridized carbons (Fsp3) is 0.512. The zero-order valence-electron chi connectivity index (χ0n) is 32.1. The Kier molecular flexibility index (Phi) is 21.9. The molecule has 302 valence electrons. The Morgan fingerprint density at radius 2 is 1.09 bits per heavy atom. The van der Waals surface area contributed by atoms with Gasteiger partial charge in [0.15, 0.2) is 6.10 Å². The molecule has 0 amide bonds. The molecule has 2 aliphatic rings. The number of hydrogen-bond donors (Lipinski definition) is 4. The average molecular weight is 803 g/mol. The second-order valence-electron chi connectivity index (χ2n) is 14.1. The number of ether oxygens (including phenoxy) is 1. The van der Waals surface area contributed by atoms with Crippen LogP contribution in [-0.4, -0.2) is 68.5 Å². The van der Waals surface area contributed by atoms with Crippen molar-refractivity contribution < 1.29 is 29.3 Å². The molecule has 2 aliphatic carbocycles. The lowest BCUT2D eigenvalue weighted by Gasteiger charge is -2.20. The minimum Gasteiger partial charge on any atom is -0.508 e. The molecule has 0 spiro atoms. The highest BCUT2D eigenvalue weighted by Crippen LogP contribution is 2.37. The molecule has 0 heterocycles. The van der Waals surface area contributed by atoms with Crippen LogP contribution in [0.15, 0.2) is 70.5 Å². The van der Waals surface area contributed by atoms with Crippen LogP contribution >= 0.6 is 37.0 Å². The van der Waals surface area contributed by atoms with Crippen LogP contribution in [0.4, 0.5) is 0 Å². The molecule has 0 saturated heterocycles. The van der Waals surface area contributed by atoms with Crippen LogP contribution in [0.3, 0.4) is 0 Å². The summed E-state index contributed by atoms with van der Waals surface area (Å²) in [6, 6.07) is 20.4. The molecular formula is C43H66N2O6S3. The maximum atomic E-state index is 11.6. The van der Waals surface area contributed by atoms with Crippen LogP contribution < -0.4 is 15.4 Å². The Balaban J connectivity index is 0.000000774. The first-order valence-corrected chi connectivity index (χ1v) is 19.4. The fourth-order valence-electron chi connectivity index (χ4n) is 5.69. The number of carboxylic acid groups (broad SMARTS) is 1. The quantitative estimate of drug-likeness (QED) is 0.125. The summed E-state index contributed by atoms with van der Waals surface area (Å²) in [5, 5.41) is 24.5. The van der Waals surface area contributed by atoms with Crippen molar-refractivity contribution >= 4 is 54.6 Å². The highest BCUT2D eigenvalue weighted by atomic mass is 32.2. The van der Waals surface area contributed by atoms with Crippen molar-refractivity contribution in [3.8, 4) is 11.5 Å². The van der Waals surface area contributed by atoms with Crippen molar-refractivity contribution in [2.75, 3.05) is 13.1 Å². The van der Waals surface area contributed by atoms with E-state index in [1.807, 2.05) is 27.7 Å². The summed E-state index contributed by atoms with van der Waals surface area (Å²) in [6.07, 6.45) is 3.59. The third-order valence-corrected chi connectivity index (χ3v) is 11.7. The molecule has 0 fully saturated rings. The predicted octanol–water partition coefficient (Wildman–Crippen LogP) is 9.08. The molecule has 0 saturated carbocycles. The number of ketones is 2. The van der Waals surface area contributed by atoms with Crippen LogP contribution in [0.5, 0.6) is 11.5 Å². The maximum absolute atomic E-state index is 11.6. The third kappa shape index (κ3) is 15.6. The molecular weight excluding hydrogens is 737 g/mol. The lowest BCUT2D eigenvalue weighted by atomic mass is 10.1. The van der Waals surface area contributed by atoms with Crippen LogP contribution in [0.1, 0.15) is 99.4 Å². The normalized spacial score (nSPS) is 15.9. The number of fused-ring (bicyclic) bond motifs is 2. The molecule has 4 N–H and O–H groups in total. The SMILES string of the molecule is C.C.CCN[C@@H]1Cc2ccc(SC(C)(C)C(C)=O)cc2C1.CCN[C@@H]1Cc2ccc(SC(C)(C)C(C)=O)cc2C1.C[C@H](Oc1ccc(O)cc1)C(=O)O.S. The van der Waals surface area contributed by atoms with Crippen LogP contribution in [-0.2, 0) is 40.1 Å². The molecule has 3 atom stereocenters. The minimum atomic E-state index is -1.02. The monoisotopic (exact) mass is 802 g/mol. The van der Waals surface area contributed by atoms with Gasteiger partial charge in [-0.15, -0.1) is 23.5 Å². The maximum Gasteiger partial charge on any atom is 0.344 e. The summed E-state index contributed by atoms with van der Waals surface area (Å²) < 4.78 is 4.34. The number of carboxylic acids is 1. The summed E-state index contributed by atoms with van der Waals surface area (Å²) in [5.74, 6) is -0.0249. The number of hydrogen-bond acceptors (Lipinski definition) is 9. The van der Waals surface area contributed by atoms with Gasteiger partial charge in [-0.2, -0.15) is 13.5 Å².